The number of aryl methyl sites for hydroxylation is 2. The Morgan fingerprint density at radius 1 is 1.10 bits per heavy atom. The first-order valence-corrected chi connectivity index (χ1v) is 7.65. The van der Waals surface area contributed by atoms with Crippen LogP contribution in [-0.2, 0) is 6.42 Å². The summed E-state index contributed by atoms with van der Waals surface area (Å²) < 4.78 is 5.68. The van der Waals surface area contributed by atoms with Crippen molar-refractivity contribution in [2.75, 3.05) is 6.61 Å². The van der Waals surface area contributed by atoms with E-state index in [0.29, 0.717) is 13.0 Å². The maximum absolute atomic E-state index is 10.2. The summed E-state index contributed by atoms with van der Waals surface area (Å²) >= 11 is 0. The number of aliphatic hydroxyl groups is 1. The molecule has 0 radical (unpaired) electrons. The molecule has 0 bridgehead atoms. The molecule has 2 heteroatoms. The Labute approximate surface area is 127 Å². The van der Waals surface area contributed by atoms with E-state index in [9.17, 15) is 5.11 Å². The highest BCUT2D eigenvalue weighted by molar-refractivity contribution is 5.27. The zero-order valence-corrected chi connectivity index (χ0v) is 12.9. The first-order valence-electron chi connectivity index (χ1n) is 7.65. The molecule has 1 atom stereocenters. The van der Waals surface area contributed by atoms with E-state index in [2.05, 4.69) is 19.1 Å². The van der Waals surface area contributed by atoms with Crippen molar-refractivity contribution in [1.82, 2.24) is 0 Å². The Morgan fingerprint density at radius 2 is 1.86 bits per heavy atom. The third-order valence-electron chi connectivity index (χ3n) is 3.55. The van der Waals surface area contributed by atoms with Crippen molar-refractivity contribution in [3.8, 4) is 5.75 Å². The molecule has 0 aromatic heterocycles. The number of aliphatic hydroxyl groups excluding tert-OH is 1. The molecule has 1 N–H and O–H groups in total. The minimum atomic E-state index is -0.467. The zero-order valence-electron chi connectivity index (χ0n) is 12.9. The summed E-state index contributed by atoms with van der Waals surface area (Å²) in [5.74, 6) is 0.862. The predicted octanol–water partition coefficient (Wildman–Crippen LogP) is 4.45. The van der Waals surface area contributed by atoms with Gasteiger partial charge in [0, 0.05) is 6.42 Å². The molecular weight excluding hydrogens is 260 g/mol. The number of rotatable bonds is 7. The van der Waals surface area contributed by atoms with Crippen molar-refractivity contribution in [1.29, 1.82) is 0 Å². The minimum Gasteiger partial charge on any atom is -0.493 e. The van der Waals surface area contributed by atoms with Crippen LogP contribution in [0.25, 0.3) is 0 Å². The highest BCUT2D eigenvalue weighted by Crippen LogP contribution is 2.19. The molecule has 0 aliphatic rings. The molecule has 0 saturated heterocycles. The lowest BCUT2D eigenvalue weighted by Gasteiger charge is -2.13. The first-order chi connectivity index (χ1) is 10.2. The Kier molecular flexibility index (Phi) is 5.82. The third-order valence-corrected chi connectivity index (χ3v) is 3.55. The van der Waals surface area contributed by atoms with Gasteiger partial charge in [0.25, 0.3) is 0 Å². The third kappa shape index (κ3) is 4.91. The van der Waals surface area contributed by atoms with Crippen LogP contribution >= 0.6 is 0 Å². The molecule has 2 aromatic rings. The Balaban J connectivity index is 1.82. The second-order valence-electron chi connectivity index (χ2n) is 5.46. The van der Waals surface area contributed by atoms with Gasteiger partial charge in [-0.25, -0.2) is 0 Å². The van der Waals surface area contributed by atoms with E-state index in [0.717, 1.165) is 24.2 Å². The van der Waals surface area contributed by atoms with Gasteiger partial charge in [0.05, 0.1) is 12.7 Å². The standard InChI is InChI=1S/C19H24O2/c1-3-5-16-8-10-17(11-9-16)19(20)12-13-21-18-7-4-6-15(2)14-18/h4,6-11,14,19-20H,3,5,12-13H2,1-2H3. The predicted molar refractivity (Wildman–Crippen MR) is 86.7 cm³/mol. The van der Waals surface area contributed by atoms with Gasteiger partial charge in [0.15, 0.2) is 0 Å². The van der Waals surface area contributed by atoms with Gasteiger partial charge in [-0.2, -0.15) is 0 Å². The largest absolute Gasteiger partial charge is 0.493 e. The van der Waals surface area contributed by atoms with Gasteiger partial charge in [-0.1, -0.05) is 49.7 Å². The van der Waals surface area contributed by atoms with Crippen LogP contribution in [-0.4, -0.2) is 11.7 Å². The van der Waals surface area contributed by atoms with Crippen LogP contribution in [0.15, 0.2) is 48.5 Å². The smallest absolute Gasteiger partial charge is 0.119 e. The minimum absolute atomic E-state index is 0.467. The van der Waals surface area contributed by atoms with Crippen molar-refractivity contribution in [2.45, 2.75) is 39.2 Å². The molecule has 2 rings (SSSR count). The lowest BCUT2D eigenvalue weighted by molar-refractivity contribution is 0.141. The molecule has 21 heavy (non-hydrogen) atoms. The quantitative estimate of drug-likeness (QED) is 0.814. The highest BCUT2D eigenvalue weighted by atomic mass is 16.5. The van der Waals surface area contributed by atoms with E-state index < -0.39 is 6.10 Å². The van der Waals surface area contributed by atoms with Crippen LogP contribution in [0.1, 0.15) is 42.6 Å². The molecule has 0 aliphatic carbocycles. The average Bonchev–Trinajstić information content (AvgIpc) is 2.48. The molecule has 2 aromatic carbocycles. The molecule has 0 fully saturated rings. The summed E-state index contributed by atoms with van der Waals surface area (Å²) in [4.78, 5) is 0. The van der Waals surface area contributed by atoms with E-state index in [4.69, 9.17) is 4.74 Å². The topological polar surface area (TPSA) is 29.5 Å². The normalized spacial score (nSPS) is 12.1. The van der Waals surface area contributed by atoms with Crippen molar-refractivity contribution in [2.24, 2.45) is 0 Å². The van der Waals surface area contributed by atoms with Crippen LogP contribution < -0.4 is 4.74 Å². The number of hydrogen-bond acceptors (Lipinski definition) is 2. The lowest BCUT2D eigenvalue weighted by Crippen LogP contribution is -2.05. The summed E-state index contributed by atoms with van der Waals surface area (Å²) in [5.41, 5.74) is 3.46. The molecule has 0 aliphatic heterocycles. The van der Waals surface area contributed by atoms with Gasteiger partial charge in [0.1, 0.15) is 5.75 Å². The summed E-state index contributed by atoms with van der Waals surface area (Å²) in [6.45, 7) is 4.73. The molecule has 112 valence electrons. The lowest BCUT2D eigenvalue weighted by atomic mass is 10.0. The van der Waals surface area contributed by atoms with Crippen LogP contribution in [0.2, 0.25) is 0 Å². The van der Waals surface area contributed by atoms with E-state index >= 15 is 0 Å². The zero-order chi connectivity index (χ0) is 15.1. The van der Waals surface area contributed by atoms with Crippen molar-refractivity contribution >= 4 is 0 Å². The molecular formula is C19H24O2. The fraction of sp³-hybridized carbons (Fsp3) is 0.368. The van der Waals surface area contributed by atoms with E-state index in [-0.39, 0.29) is 0 Å². The monoisotopic (exact) mass is 284 g/mol. The fourth-order valence-corrected chi connectivity index (χ4v) is 2.36. The maximum atomic E-state index is 10.2. The van der Waals surface area contributed by atoms with Gasteiger partial charge in [-0.15, -0.1) is 0 Å². The Morgan fingerprint density at radius 3 is 2.52 bits per heavy atom. The molecule has 1 unspecified atom stereocenters. The van der Waals surface area contributed by atoms with Gasteiger partial charge < -0.3 is 9.84 Å². The van der Waals surface area contributed by atoms with Crippen LogP contribution in [0.5, 0.6) is 5.75 Å². The van der Waals surface area contributed by atoms with Crippen LogP contribution in [0, 0.1) is 6.92 Å². The van der Waals surface area contributed by atoms with E-state index in [1.165, 1.54) is 11.1 Å². The fourth-order valence-electron chi connectivity index (χ4n) is 2.36. The number of hydrogen-bond donors (Lipinski definition) is 1. The number of ether oxygens (including phenoxy) is 1. The summed E-state index contributed by atoms with van der Waals surface area (Å²) in [5, 5.41) is 10.2. The van der Waals surface area contributed by atoms with Crippen molar-refractivity contribution in [3.63, 3.8) is 0 Å². The van der Waals surface area contributed by atoms with E-state index in [1.807, 2.05) is 43.3 Å². The summed E-state index contributed by atoms with van der Waals surface area (Å²) in [7, 11) is 0. The summed E-state index contributed by atoms with van der Waals surface area (Å²) in [6, 6.07) is 16.2. The first kappa shape index (κ1) is 15.6. The number of benzene rings is 2. The van der Waals surface area contributed by atoms with Gasteiger partial charge in [-0.05, 0) is 42.2 Å². The second-order valence-corrected chi connectivity index (χ2v) is 5.46. The van der Waals surface area contributed by atoms with Crippen molar-refractivity contribution in [3.05, 3.63) is 65.2 Å². The summed E-state index contributed by atoms with van der Waals surface area (Å²) in [6.07, 6.45) is 2.37. The molecule has 0 amide bonds. The van der Waals surface area contributed by atoms with Gasteiger partial charge in [-0.3, -0.25) is 0 Å². The van der Waals surface area contributed by atoms with Gasteiger partial charge in [0.2, 0.25) is 0 Å². The highest BCUT2D eigenvalue weighted by Gasteiger charge is 2.07. The Bertz CT molecular complexity index is 546. The van der Waals surface area contributed by atoms with Crippen molar-refractivity contribution < 1.29 is 9.84 Å². The van der Waals surface area contributed by atoms with Crippen LogP contribution in [0.3, 0.4) is 0 Å². The van der Waals surface area contributed by atoms with Gasteiger partial charge >= 0.3 is 0 Å². The Hall–Kier alpha value is -1.80. The molecule has 0 spiro atoms. The molecule has 0 saturated carbocycles. The maximum Gasteiger partial charge on any atom is 0.119 e. The molecule has 0 heterocycles. The second kappa shape index (κ2) is 7.84. The SMILES string of the molecule is CCCc1ccc(C(O)CCOc2cccc(C)c2)cc1. The average molecular weight is 284 g/mol. The van der Waals surface area contributed by atoms with Crippen LogP contribution in [0.4, 0.5) is 0 Å². The van der Waals surface area contributed by atoms with E-state index in [1.54, 1.807) is 0 Å². The molecule has 2 nitrogen and oxygen atoms in total.